The Morgan fingerprint density at radius 1 is 0.786 bits per heavy atom. The fraction of sp³-hybridized carbons (Fsp3) is 0.618. The molecule has 0 atom stereocenters. The van der Waals surface area contributed by atoms with Crippen LogP contribution in [0.15, 0.2) is 48.5 Å². The summed E-state index contributed by atoms with van der Waals surface area (Å²) in [7, 11) is 3.41. The molecule has 0 aliphatic carbocycles. The summed E-state index contributed by atoms with van der Waals surface area (Å²) in [5, 5.41) is 3.73. The molecule has 236 valence electrons. The van der Waals surface area contributed by atoms with Crippen molar-refractivity contribution in [1.29, 1.82) is 0 Å². The SMILES string of the molecule is CCOC(=O)CCCCCN(CCNCC(C)(C)SCc1ccc(OC)cc1)CC(C)(C)SCc1ccc(OC)cc1. The highest BCUT2D eigenvalue weighted by Crippen LogP contribution is 2.30. The molecular weight excluding hydrogens is 565 g/mol. The predicted molar refractivity (Wildman–Crippen MR) is 181 cm³/mol. The van der Waals surface area contributed by atoms with E-state index in [2.05, 4.69) is 62.2 Å². The van der Waals surface area contributed by atoms with E-state index >= 15 is 0 Å². The van der Waals surface area contributed by atoms with Crippen LogP contribution in [0.3, 0.4) is 0 Å². The zero-order valence-electron chi connectivity index (χ0n) is 27.0. The van der Waals surface area contributed by atoms with Crippen LogP contribution in [0.5, 0.6) is 11.5 Å². The van der Waals surface area contributed by atoms with E-state index in [1.54, 1.807) is 14.2 Å². The maximum absolute atomic E-state index is 11.7. The lowest BCUT2D eigenvalue weighted by atomic mass is 10.1. The summed E-state index contributed by atoms with van der Waals surface area (Å²) >= 11 is 3.98. The van der Waals surface area contributed by atoms with E-state index in [0.717, 1.165) is 75.0 Å². The lowest BCUT2D eigenvalue weighted by Crippen LogP contribution is -2.42. The average Bonchev–Trinajstić information content (AvgIpc) is 2.97. The van der Waals surface area contributed by atoms with Gasteiger partial charge >= 0.3 is 5.97 Å². The number of hydrogen-bond acceptors (Lipinski definition) is 8. The van der Waals surface area contributed by atoms with Crippen LogP contribution in [-0.2, 0) is 21.0 Å². The second-order valence-electron chi connectivity index (χ2n) is 11.9. The number of unbranched alkanes of at least 4 members (excludes halogenated alkanes) is 2. The quantitative estimate of drug-likeness (QED) is 0.108. The minimum absolute atomic E-state index is 0.0814. The molecule has 0 radical (unpaired) electrons. The molecule has 0 heterocycles. The van der Waals surface area contributed by atoms with Gasteiger partial charge in [-0.25, -0.2) is 0 Å². The normalized spacial score (nSPS) is 12.0. The molecule has 6 nitrogen and oxygen atoms in total. The van der Waals surface area contributed by atoms with Crippen LogP contribution < -0.4 is 14.8 Å². The lowest BCUT2D eigenvalue weighted by molar-refractivity contribution is -0.143. The van der Waals surface area contributed by atoms with E-state index in [-0.39, 0.29) is 15.5 Å². The van der Waals surface area contributed by atoms with Crippen molar-refractivity contribution in [2.75, 3.05) is 53.6 Å². The predicted octanol–water partition coefficient (Wildman–Crippen LogP) is 7.44. The Morgan fingerprint density at radius 3 is 1.86 bits per heavy atom. The highest BCUT2D eigenvalue weighted by Gasteiger charge is 2.23. The Labute approximate surface area is 264 Å². The minimum atomic E-state index is -0.0814. The van der Waals surface area contributed by atoms with Crippen LogP contribution in [0.2, 0.25) is 0 Å². The molecule has 2 rings (SSSR count). The molecule has 0 saturated heterocycles. The van der Waals surface area contributed by atoms with Crippen molar-refractivity contribution in [3.8, 4) is 11.5 Å². The number of thioether (sulfide) groups is 2. The molecule has 0 unspecified atom stereocenters. The fourth-order valence-corrected chi connectivity index (χ4v) is 6.52. The zero-order chi connectivity index (χ0) is 30.8. The molecule has 0 bridgehead atoms. The second-order valence-corrected chi connectivity index (χ2v) is 15.2. The third-order valence-electron chi connectivity index (χ3n) is 7.00. The van der Waals surface area contributed by atoms with Crippen LogP contribution in [0, 0.1) is 0 Å². The Balaban J connectivity index is 1.83. The van der Waals surface area contributed by atoms with Crippen molar-refractivity contribution in [2.24, 2.45) is 0 Å². The number of esters is 1. The molecule has 0 saturated carbocycles. The summed E-state index contributed by atoms with van der Waals surface area (Å²) in [5.41, 5.74) is 2.63. The van der Waals surface area contributed by atoms with Gasteiger partial charge in [-0.15, -0.1) is 23.5 Å². The standard InChI is InChI=1S/C34H54N2O4S2/c1-8-40-32(37)12-10-9-11-22-36(27-34(4,5)42-25-29-15-19-31(39-7)20-16-29)23-21-35-26-33(2,3)41-24-28-13-17-30(38-6)18-14-28/h13-20,35H,8-12,21-27H2,1-7H3. The van der Waals surface area contributed by atoms with Crippen LogP contribution >= 0.6 is 23.5 Å². The van der Waals surface area contributed by atoms with Crippen molar-refractivity contribution >= 4 is 29.5 Å². The molecule has 8 heteroatoms. The molecule has 0 aromatic heterocycles. The molecule has 42 heavy (non-hydrogen) atoms. The summed E-state index contributed by atoms with van der Waals surface area (Å²) < 4.78 is 15.9. The summed E-state index contributed by atoms with van der Waals surface area (Å²) in [6.07, 6.45) is 3.53. The van der Waals surface area contributed by atoms with Crippen LogP contribution in [-0.4, -0.2) is 73.9 Å². The number of ether oxygens (including phenoxy) is 3. The van der Waals surface area contributed by atoms with Crippen molar-refractivity contribution in [2.45, 2.75) is 81.3 Å². The van der Waals surface area contributed by atoms with Crippen molar-refractivity contribution < 1.29 is 19.0 Å². The molecule has 0 amide bonds. The van der Waals surface area contributed by atoms with Gasteiger partial charge in [-0.3, -0.25) is 4.79 Å². The van der Waals surface area contributed by atoms with Crippen molar-refractivity contribution in [3.05, 3.63) is 59.7 Å². The second kappa shape index (κ2) is 19.4. The maximum Gasteiger partial charge on any atom is 0.305 e. The van der Waals surface area contributed by atoms with Gasteiger partial charge in [0.1, 0.15) is 11.5 Å². The average molecular weight is 619 g/mol. The minimum Gasteiger partial charge on any atom is -0.497 e. The summed E-state index contributed by atoms with van der Waals surface area (Å²) in [4.78, 5) is 14.3. The summed E-state index contributed by atoms with van der Waals surface area (Å²) in [6.45, 7) is 16.6. The number of hydrogen-bond donors (Lipinski definition) is 1. The van der Waals surface area contributed by atoms with Crippen LogP contribution in [0.1, 0.15) is 71.4 Å². The number of methoxy groups -OCH3 is 2. The monoisotopic (exact) mass is 618 g/mol. The first-order chi connectivity index (χ1) is 20.1. The molecule has 2 aromatic carbocycles. The topological polar surface area (TPSA) is 60.0 Å². The number of carbonyl (C=O) groups excluding carboxylic acids is 1. The van der Waals surface area contributed by atoms with Gasteiger partial charge in [-0.1, -0.05) is 30.7 Å². The Bertz CT molecular complexity index is 1010. The van der Waals surface area contributed by atoms with Gasteiger partial charge in [0.25, 0.3) is 0 Å². The third kappa shape index (κ3) is 15.6. The fourth-order valence-electron chi connectivity index (χ4n) is 4.55. The molecule has 0 fully saturated rings. The van der Waals surface area contributed by atoms with Gasteiger partial charge in [0.2, 0.25) is 0 Å². The van der Waals surface area contributed by atoms with Gasteiger partial charge in [-0.2, -0.15) is 0 Å². The highest BCUT2D eigenvalue weighted by atomic mass is 32.2. The molecule has 0 aliphatic rings. The van der Waals surface area contributed by atoms with Crippen molar-refractivity contribution in [3.63, 3.8) is 0 Å². The number of rotatable bonds is 22. The molecule has 0 spiro atoms. The van der Waals surface area contributed by atoms with Gasteiger partial charge in [0, 0.05) is 53.6 Å². The first-order valence-electron chi connectivity index (χ1n) is 15.2. The number of carbonyl (C=O) groups is 1. The molecule has 2 aromatic rings. The third-order valence-corrected chi connectivity index (χ3v) is 9.79. The van der Waals surface area contributed by atoms with Gasteiger partial charge < -0.3 is 24.4 Å². The number of nitrogens with zero attached hydrogens (tertiary/aromatic N) is 1. The number of nitrogens with one attached hydrogen (secondary N) is 1. The van der Waals surface area contributed by atoms with Gasteiger partial charge in [-0.05, 0) is 89.4 Å². The Hall–Kier alpha value is -1.87. The van der Waals surface area contributed by atoms with E-state index in [9.17, 15) is 4.79 Å². The Morgan fingerprint density at radius 2 is 1.33 bits per heavy atom. The highest BCUT2D eigenvalue weighted by molar-refractivity contribution is 8.00. The first kappa shape index (κ1) is 36.3. The first-order valence-corrected chi connectivity index (χ1v) is 17.2. The largest absolute Gasteiger partial charge is 0.497 e. The number of benzene rings is 2. The van der Waals surface area contributed by atoms with E-state index in [1.165, 1.54) is 11.1 Å². The molecule has 1 N–H and O–H groups in total. The van der Waals surface area contributed by atoms with Gasteiger partial charge in [0.05, 0.1) is 20.8 Å². The van der Waals surface area contributed by atoms with Gasteiger partial charge in [0.15, 0.2) is 0 Å². The van der Waals surface area contributed by atoms with E-state index in [0.29, 0.717) is 13.0 Å². The summed E-state index contributed by atoms with van der Waals surface area (Å²) in [6, 6.07) is 16.7. The molecular formula is C34H54N2O4S2. The molecule has 0 aliphatic heterocycles. The van der Waals surface area contributed by atoms with Crippen molar-refractivity contribution in [1.82, 2.24) is 10.2 Å². The maximum atomic E-state index is 11.7. The lowest BCUT2D eigenvalue weighted by Gasteiger charge is -2.33. The van der Waals surface area contributed by atoms with Crippen LogP contribution in [0.25, 0.3) is 0 Å². The van der Waals surface area contributed by atoms with Crippen LogP contribution in [0.4, 0.5) is 0 Å². The van der Waals surface area contributed by atoms with E-state index in [4.69, 9.17) is 14.2 Å². The Kier molecular flexibility index (Phi) is 16.8. The van der Waals surface area contributed by atoms with E-state index in [1.807, 2.05) is 54.7 Å². The smallest absolute Gasteiger partial charge is 0.305 e. The summed E-state index contributed by atoms with van der Waals surface area (Å²) in [5.74, 6) is 3.67. The van der Waals surface area contributed by atoms with E-state index < -0.39 is 0 Å². The zero-order valence-corrected chi connectivity index (χ0v) is 28.6.